The second kappa shape index (κ2) is 7.81. The fourth-order valence-corrected chi connectivity index (χ4v) is 3.05. The Kier molecular flexibility index (Phi) is 6.02. The lowest BCUT2D eigenvalue weighted by molar-refractivity contribution is -0.124. The Morgan fingerprint density at radius 3 is 2.83 bits per heavy atom. The lowest BCUT2D eigenvalue weighted by Crippen LogP contribution is -2.53. The van der Waals surface area contributed by atoms with Crippen LogP contribution >= 0.6 is 11.6 Å². The van der Waals surface area contributed by atoms with E-state index in [1.165, 1.54) is 0 Å². The number of fused-ring (bicyclic) bond motifs is 1. The topological polar surface area (TPSA) is 77.2 Å². The van der Waals surface area contributed by atoms with Crippen molar-refractivity contribution in [3.63, 3.8) is 0 Å². The van der Waals surface area contributed by atoms with E-state index in [0.29, 0.717) is 28.8 Å². The SMILES string of the molecule is CC(C)CC(C)(CN)NC(=O)COc1ccc(Cl)c2cccnc12. The Morgan fingerprint density at radius 2 is 2.17 bits per heavy atom. The maximum Gasteiger partial charge on any atom is 0.258 e. The number of aromatic nitrogens is 1. The monoisotopic (exact) mass is 349 g/mol. The van der Waals surface area contributed by atoms with Crippen LogP contribution in [-0.2, 0) is 4.79 Å². The van der Waals surface area contributed by atoms with Crippen LogP contribution in [0.2, 0.25) is 5.02 Å². The largest absolute Gasteiger partial charge is 0.481 e. The van der Waals surface area contributed by atoms with Crippen molar-refractivity contribution in [2.24, 2.45) is 11.7 Å². The van der Waals surface area contributed by atoms with E-state index in [4.69, 9.17) is 22.1 Å². The van der Waals surface area contributed by atoms with Crippen molar-refractivity contribution in [1.29, 1.82) is 0 Å². The summed E-state index contributed by atoms with van der Waals surface area (Å²) < 4.78 is 5.66. The molecule has 1 aromatic carbocycles. The molecule has 6 heteroatoms. The standard InChI is InChI=1S/C18H24ClN3O2/c1-12(2)9-18(3,11-20)22-16(23)10-24-15-7-6-14(19)13-5-4-8-21-17(13)15/h4-8,12H,9-11,20H2,1-3H3,(H,22,23). The normalized spacial score (nSPS) is 13.8. The van der Waals surface area contributed by atoms with Gasteiger partial charge in [0.25, 0.3) is 5.91 Å². The van der Waals surface area contributed by atoms with Gasteiger partial charge in [-0.05, 0) is 43.5 Å². The molecule has 1 atom stereocenters. The third kappa shape index (κ3) is 4.58. The van der Waals surface area contributed by atoms with Gasteiger partial charge in [0.1, 0.15) is 11.3 Å². The van der Waals surface area contributed by atoms with Gasteiger partial charge in [0.2, 0.25) is 0 Å². The number of amides is 1. The zero-order valence-corrected chi connectivity index (χ0v) is 15.1. The maximum absolute atomic E-state index is 12.2. The first kappa shape index (κ1) is 18.5. The molecular weight excluding hydrogens is 326 g/mol. The Hall–Kier alpha value is -1.85. The van der Waals surface area contributed by atoms with Crippen LogP contribution in [0.5, 0.6) is 5.75 Å². The summed E-state index contributed by atoms with van der Waals surface area (Å²) in [6, 6.07) is 7.14. The number of halogens is 1. The highest BCUT2D eigenvalue weighted by molar-refractivity contribution is 6.35. The van der Waals surface area contributed by atoms with Gasteiger partial charge in [0, 0.05) is 23.7 Å². The molecule has 5 nitrogen and oxygen atoms in total. The summed E-state index contributed by atoms with van der Waals surface area (Å²) in [6.45, 7) is 6.43. The molecule has 0 saturated carbocycles. The molecule has 0 bridgehead atoms. The number of carbonyl (C=O) groups is 1. The van der Waals surface area contributed by atoms with Gasteiger partial charge in [0.15, 0.2) is 6.61 Å². The molecule has 1 unspecified atom stereocenters. The Bertz CT molecular complexity index is 720. The molecule has 0 fully saturated rings. The van der Waals surface area contributed by atoms with Crippen molar-refractivity contribution in [1.82, 2.24) is 10.3 Å². The molecule has 0 spiro atoms. The molecule has 2 rings (SSSR count). The average molecular weight is 350 g/mol. The number of carbonyl (C=O) groups excluding carboxylic acids is 1. The van der Waals surface area contributed by atoms with E-state index in [2.05, 4.69) is 24.1 Å². The highest BCUT2D eigenvalue weighted by Gasteiger charge is 2.26. The summed E-state index contributed by atoms with van der Waals surface area (Å²) in [5, 5.41) is 4.36. The van der Waals surface area contributed by atoms with Crippen molar-refractivity contribution < 1.29 is 9.53 Å². The summed E-state index contributed by atoms with van der Waals surface area (Å²) in [5.41, 5.74) is 6.03. The van der Waals surface area contributed by atoms with Crippen LogP contribution in [0.1, 0.15) is 27.2 Å². The van der Waals surface area contributed by atoms with Crippen molar-refractivity contribution in [3.05, 3.63) is 35.5 Å². The number of nitrogens with one attached hydrogen (secondary N) is 1. The molecule has 24 heavy (non-hydrogen) atoms. The third-order valence-corrected chi connectivity index (χ3v) is 4.12. The number of nitrogens with two attached hydrogens (primary N) is 1. The van der Waals surface area contributed by atoms with E-state index in [-0.39, 0.29) is 12.5 Å². The number of pyridine rings is 1. The van der Waals surface area contributed by atoms with E-state index < -0.39 is 5.54 Å². The van der Waals surface area contributed by atoms with Crippen molar-refractivity contribution in [2.75, 3.05) is 13.2 Å². The highest BCUT2D eigenvalue weighted by Crippen LogP contribution is 2.29. The summed E-state index contributed by atoms with van der Waals surface area (Å²) in [7, 11) is 0. The second-order valence-electron chi connectivity index (χ2n) is 6.64. The summed E-state index contributed by atoms with van der Waals surface area (Å²) in [5.74, 6) is 0.760. The Morgan fingerprint density at radius 1 is 1.42 bits per heavy atom. The summed E-state index contributed by atoms with van der Waals surface area (Å²) >= 11 is 6.16. The number of ether oxygens (including phenoxy) is 1. The van der Waals surface area contributed by atoms with E-state index >= 15 is 0 Å². The van der Waals surface area contributed by atoms with Crippen LogP contribution in [0.4, 0.5) is 0 Å². The first-order valence-electron chi connectivity index (χ1n) is 8.02. The van der Waals surface area contributed by atoms with E-state index in [0.717, 1.165) is 11.8 Å². The summed E-state index contributed by atoms with van der Waals surface area (Å²) in [6.07, 6.45) is 2.47. The van der Waals surface area contributed by atoms with Gasteiger partial charge in [0.05, 0.1) is 5.02 Å². The zero-order chi connectivity index (χ0) is 17.7. The number of hydrogen-bond donors (Lipinski definition) is 2. The molecule has 2 aromatic rings. The van der Waals surface area contributed by atoms with E-state index in [9.17, 15) is 4.79 Å². The van der Waals surface area contributed by atoms with Crippen molar-refractivity contribution in [3.8, 4) is 5.75 Å². The zero-order valence-electron chi connectivity index (χ0n) is 14.3. The maximum atomic E-state index is 12.2. The second-order valence-corrected chi connectivity index (χ2v) is 7.05. The van der Waals surface area contributed by atoms with E-state index in [1.807, 2.05) is 19.1 Å². The van der Waals surface area contributed by atoms with Crippen molar-refractivity contribution in [2.45, 2.75) is 32.7 Å². The predicted octanol–water partition coefficient (Wildman–Crippen LogP) is 3.15. The molecule has 130 valence electrons. The predicted molar refractivity (Wildman–Crippen MR) is 97.3 cm³/mol. The smallest absolute Gasteiger partial charge is 0.258 e. The molecule has 0 aliphatic heterocycles. The quantitative estimate of drug-likeness (QED) is 0.805. The van der Waals surface area contributed by atoms with Gasteiger partial charge in [-0.1, -0.05) is 25.4 Å². The first-order valence-corrected chi connectivity index (χ1v) is 8.39. The minimum absolute atomic E-state index is 0.0962. The molecule has 1 amide bonds. The molecule has 1 aromatic heterocycles. The van der Waals surface area contributed by atoms with Gasteiger partial charge < -0.3 is 15.8 Å². The van der Waals surface area contributed by atoms with Gasteiger partial charge in [-0.3, -0.25) is 9.78 Å². The van der Waals surface area contributed by atoms with Crippen LogP contribution in [-0.4, -0.2) is 29.6 Å². The lowest BCUT2D eigenvalue weighted by atomic mass is 9.91. The van der Waals surface area contributed by atoms with Gasteiger partial charge in [-0.2, -0.15) is 0 Å². The molecule has 0 aliphatic carbocycles. The minimum atomic E-state index is -0.436. The van der Waals surface area contributed by atoms with Crippen LogP contribution < -0.4 is 15.8 Å². The van der Waals surface area contributed by atoms with Crippen LogP contribution in [0, 0.1) is 5.92 Å². The lowest BCUT2D eigenvalue weighted by Gasteiger charge is -2.31. The average Bonchev–Trinajstić information content (AvgIpc) is 2.53. The number of benzene rings is 1. The molecule has 0 saturated heterocycles. The van der Waals surface area contributed by atoms with Crippen molar-refractivity contribution >= 4 is 28.4 Å². The molecular formula is C18H24ClN3O2. The Balaban J connectivity index is 2.06. The van der Waals surface area contributed by atoms with Crippen LogP contribution in [0.25, 0.3) is 10.9 Å². The fourth-order valence-electron chi connectivity index (χ4n) is 2.83. The molecule has 3 N–H and O–H groups in total. The summed E-state index contributed by atoms with van der Waals surface area (Å²) in [4.78, 5) is 16.5. The van der Waals surface area contributed by atoms with Crippen LogP contribution in [0.15, 0.2) is 30.5 Å². The molecule has 1 heterocycles. The number of rotatable bonds is 7. The van der Waals surface area contributed by atoms with Gasteiger partial charge in [-0.25, -0.2) is 0 Å². The minimum Gasteiger partial charge on any atom is -0.481 e. The van der Waals surface area contributed by atoms with Crippen LogP contribution in [0.3, 0.4) is 0 Å². The van der Waals surface area contributed by atoms with E-state index in [1.54, 1.807) is 18.3 Å². The third-order valence-electron chi connectivity index (χ3n) is 3.79. The van der Waals surface area contributed by atoms with Gasteiger partial charge >= 0.3 is 0 Å². The number of hydrogen-bond acceptors (Lipinski definition) is 4. The number of nitrogens with zero attached hydrogens (tertiary/aromatic N) is 1. The molecule has 0 radical (unpaired) electrons. The van der Waals surface area contributed by atoms with Gasteiger partial charge in [-0.15, -0.1) is 0 Å². The fraction of sp³-hybridized carbons (Fsp3) is 0.444. The Labute approximate surface area is 147 Å². The highest BCUT2D eigenvalue weighted by atomic mass is 35.5. The first-order chi connectivity index (χ1) is 11.3. The molecule has 0 aliphatic rings.